The van der Waals surface area contributed by atoms with Crippen LogP contribution in [0.4, 0.5) is 10.1 Å². The van der Waals surface area contributed by atoms with Crippen molar-refractivity contribution in [3.63, 3.8) is 0 Å². The first-order chi connectivity index (χ1) is 15.3. The van der Waals surface area contributed by atoms with E-state index in [1.165, 1.54) is 56.9 Å². The fourth-order valence-electron chi connectivity index (χ4n) is 3.74. The number of halogens is 1. The predicted octanol–water partition coefficient (Wildman–Crippen LogP) is 4.61. The number of carbonyl (C=O) groups excluding carboxylic acids is 1. The molecule has 0 saturated carbocycles. The minimum atomic E-state index is -3.67. The van der Waals surface area contributed by atoms with Gasteiger partial charge in [0.1, 0.15) is 5.82 Å². The Balaban J connectivity index is 1.67. The number of aryl methyl sites for hydroxylation is 1. The van der Waals surface area contributed by atoms with Gasteiger partial charge in [0.2, 0.25) is 10.0 Å². The SMILES string of the molecule is Cc1nc(CN(C(=O)c2cccc(S(=O)(=O)N3CCCCC3)c2)c2ccc(F)cc2)cs1. The molecule has 0 bridgehead atoms. The van der Waals surface area contributed by atoms with Crippen LogP contribution >= 0.6 is 11.3 Å². The van der Waals surface area contributed by atoms with Gasteiger partial charge in [-0.15, -0.1) is 11.3 Å². The third-order valence-electron chi connectivity index (χ3n) is 5.40. The van der Waals surface area contributed by atoms with Crippen LogP contribution in [0.3, 0.4) is 0 Å². The second-order valence-electron chi connectivity index (χ2n) is 7.72. The lowest BCUT2D eigenvalue weighted by Gasteiger charge is -2.26. The molecule has 6 nitrogen and oxygen atoms in total. The number of aromatic nitrogens is 1. The van der Waals surface area contributed by atoms with Crippen molar-refractivity contribution in [2.24, 2.45) is 0 Å². The molecular formula is C23H24FN3O3S2. The predicted molar refractivity (Wildman–Crippen MR) is 123 cm³/mol. The molecule has 1 aliphatic rings. The Morgan fingerprint density at radius 3 is 2.50 bits per heavy atom. The van der Waals surface area contributed by atoms with Crippen LogP contribution in [0.1, 0.15) is 40.3 Å². The summed E-state index contributed by atoms with van der Waals surface area (Å²) >= 11 is 1.48. The highest BCUT2D eigenvalue weighted by Gasteiger charge is 2.27. The summed E-state index contributed by atoms with van der Waals surface area (Å²) in [5.41, 5.74) is 1.47. The molecule has 3 aromatic rings. The molecule has 0 radical (unpaired) electrons. The van der Waals surface area contributed by atoms with E-state index in [2.05, 4.69) is 4.98 Å². The number of nitrogens with zero attached hydrogens (tertiary/aromatic N) is 3. The standard InChI is InChI=1S/C23H24FN3O3S2/c1-17-25-20(16-31-17)15-27(21-10-8-19(24)9-11-21)23(28)18-6-5-7-22(14-18)32(29,30)26-12-3-2-4-13-26/h5-11,14,16H,2-4,12-13,15H2,1H3. The van der Waals surface area contributed by atoms with Gasteiger partial charge in [-0.3, -0.25) is 4.79 Å². The normalized spacial score (nSPS) is 14.9. The smallest absolute Gasteiger partial charge is 0.258 e. The molecule has 1 fully saturated rings. The van der Waals surface area contributed by atoms with Crippen LogP contribution in [0.2, 0.25) is 0 Å². The molecule has 2 heterocycles. The average Bonchev–Trinajstić information content (AvgIpc) is 3.23. The zero-order valence-corrected chi connectivity index (χ0v) is 19.3. The molecule has 0 atom stereocenters. The molecule has 32 heavy (non-hydrogen) atoms. The first kappa shape index (κ1) is 22.6. The Kier molecular flexibility index (Phi) is 6.68. The van der Waals surface area contributed by atoms with Gasteiger partial charge >= 0.3 is 0 Å². The second-order valence-corrected chi connectivity index (χ2v) is 10.7. The topological polar surface area (TPSA) is 70.6 Å². The van der Waals surface area contributed by atoms with E-state index in [1.807, 2.05) is 12.3 Å². The van der Waals surface area contributed by atoms with Crippen molar-refractivity contribution >= 4 is 33.0 Å². The van der Waals surface area contributed by atoms with Gasteiger partial charge in [0.15, 0.2) is 0 Å². The Morgan fingerprint density at radius 2 is 1.84 bits per heavy atom. The summed E-state index contributed by atoms with van der Waals surface area (Å²) < 4.78 is 41.1. The lowest BCUT2D eigenvalue weighted by atomic mass is 10.1. The molecule has 0 spiro atoms. The summed E-state index contributed by atoms with van der Waals surface area (Å²) in [5, 5.41) is 2.75. The molecule has 9 heteroatoms. The monoisotopic (exact) mass is 473 g/mol. The van der Waals surface area contributed by atoms with Crippen molar-refractivity contribution in [1.82, 2.24) is 9.29 Å². The number of hydrogen-bond acceptors (Lipinski definition) is 5. The number of hydrogen-bond donors (Lipinski definition) is 0. The maximum atomic E-state index is 13.5. The minimum Gasteiger partial charge on any atom is -0.302 e. The third-order valence-corrected chi connectivity index (χ3v) is 8.12. The van der Waals surface area contributed by atoms with Crippen LogP contribution in [-0.2, 0) is 16.6 Å². The van der Waals surface area contributed by atoms with E-state index in [0.29, 0.717) is 24.5 Å². The molecule has 4 rings (SSSR count). The number of carbonyl (C=O) groups is 1. The number of benzene rings is 2. The largest absolute Gasteiger partial charge is 0.302 e. The molecule has 1 saturated heterocycles. The number of piperidine rings is 1. The van der Waals surface area contributed by atoms with E-state index < -0.39 is 15.8 Å². The Hall–Kier alpha value is -2.62. The van der Waals surface area contributed by atoms with Crippen molar-refractivity contribution in [1.29, 1.82) is 0 Å². The fraction of sp³-hybridized carbons (Fsp3) is 0.304. The van der Waals surface area contributed by atoms with Gasteiger partial charge in [-0.1, -0.05) is 12.5 Å². The van der Waals surface area contributed by atoms with Gasteiger partial charge in [-0.2, -0.15) is 4.31 Å². The van der Waals surface area contributed by atoms with Crippen LogP contribution < -0.4 is 4.90 Å². The van der Waals surface area contributed by atoms with Gasteiger partial charge < -0.3 is 4.90 Å². The van der Waals surface area contributed by atoms with Crippen LogP contribution in [0.15, 0.2) is 58.8 Å². The number of sulfonamides is 1. The summed E-state index contributed by atoms with van der Waals surface area (Å²) in [6, 6.07) is 11.8. The molecular weight excluding hydrogens is 449 g/mol. The summed E-state index contributed by atoms with van der Waals surface area (Å²) in [6.45, 7) is 3.06. The van der Waals surface area contributed by atoms with Crippen molar-refractivity contribution in [3.8, 4) is 0 Å². The maximum Gasteiger partial charge on any atom is 0.258 e. The fourth-order valence-corrected chi connectivity index (χ4v) is 5.91. The van der Waals surface area contributed by atoms with E-state index in [0.717, 1.165) is 24.3 Å². The highest BCUT2D eigenvalue weighted by atomic mass is 32.2. The lowest BCUT2D eigenvalue weighted by molar-refractivity contribution is 0.0984. The van der Waals surface area contributed by atoms with Crippen molar-refractivity contribution in [2.75, 3.05) is 18.0 Å². The van der Waals surface area contributed by atoms with Crippen molar-refractivity contribution in [3.05, 3.63) is 76.0 Å². The highest BCUT2D eigenvalue weighted by Crippen LogP contribution is 2.25. The second kappa shape index (κ2) is 9.48. The number of thiazole rings is 1. The molecule has 0 aliphatic carbocycles. The molecule has 168 valence electrons. The van der Waals surface area contributed by atoms with Gasteiger partial charge in [0.25, 0.3) is 5.91 Å². The van der Waals surface area contributed by atoms with Gasteiger partial charge in [0.05, 0.1) is 22.1 Å². The number of amides is 1. The summed E-state index contributed by atoms with van der Waals surface area (Å²) in [6.07, 6.45) is 2.69. The van der Waals surface area contributed by atoms with Gasteiger partial charge in [-0.05, 0) is 62.2 Å². The van der Waals surface area contributed by atoms with E-state index >= 15 is 0 Å². The Labute approximate surface area is 191 Å². The van der Waals surface area contributed by atoms with E-state index in [4.69, 9.17) is 0 Å². The molecule has 1 aromatic heterocycles. The zero-order chi connectivity index (χ0) is 22.7. The lowest BCUT2D eigenvalue weighted by Crippen LogP contribution is -2.36. The van der Waals surface area contributed by atoms with Crippen LogP contribution in [0.25, 0.3) is 0 Å². The van der Waals surface area contributed by atoms with Crippen molar-refractivity contribution < 1.29 is 17.6 Å². The summed E-state index contributed by atoms with van der Waals surface area (Å²) in [7, 11) is -3.67. The molecule has 1 aliphatic heterocycles. The van der Waals surface area contributed by atoms with Crippen LogP contribution in [0.5, 0.6) is 0 Å². The van der Waals surface area contributed by atoms with E-state index in [9.17, 15) is 17.6 Å². The molecule has 1 amide bonds. The number of rotatable bonds is 6. The van der Waals surface area contributed by atoms with Crippen LogP contribution in [0, 0.1) is 12.7 Å². The molecule has 2 aromatic carbocycles. The molecule has 0 unspecified atom stereocenters. The Bertz CT molecular complexity index is 1200. The van der Waals surface area contributed by atoms with Crippen molar-refractivity contribution in [2.45, 2.75) is 37.6 Å². The minimum absolute atomic E-state index is 0.105. The first-order valence-corrected chi connectivity index (χ1v) is 12.8. The third kappa shape index (κ3) is 4.90. The zero-order valence-electron chi connectivity index (χ0n) is 17.7. The van der Waals surface area contributed by atoms with E-state index in [1.54, 1.807) is 12.1 Å². The average molecular weight is 474 g/mol. The van der Waals surface area contributed by atoms with Gasteiger partial charge in [0, 0.05) is 29.7 Å². The number of anilines is 1. The molecule has 0 N–H and O–H groups in total. The van der Waals surface area contributed by atoms with Gasteiger partial charge in [-0.25, -0.2) is 17.8 Å². The Morgan fingerprint density at radius 1 is 1.12 bits per heavy atom. The van der Waals surface area contributed by atoms with E-state index in [-0.39, 0.29) is 22.9 Å². The highest BCUT2D eigenvalue weighted by molar-refractivity contribution is 7.89. The summed E-state index contributed by atoms with van der Waals surface area (Å²) in [5.74, 6) is -0.779. The summed E-state index contributed by atoms with van der Waals surface area (Å²) in [4.78, 5) is 19.5. The quantitative estimate of drug-likeness (QED) is 0.524. The first-order valence-electron chi connectivity index (χ1n) is 10.4. The van der Waals surface area contributed by atoms with Crippen LogP contribution in [-0.4, -0.2) is 36.7 Å². The maximum absolute atomic E-state index is 13.5.